The van der Waals surface area contributed by atoms with Crippen molar-refractivity contribution in [3.8, 4) is 10.7 Å². The average molecular weight is 343 g/mol. The van der Waals surface area contributed by atoms with E-state index in [2.05, 4.69) is 25.5 Å². The quantitative estimate of drug-likeness (QED) is 0.775. The molecule has 0 unspecified atom stereocenters. The number of likely N-dealkylation sites (tertiary alicyclic amines) is 1. The van der Waals surface area contributed by atoms with E-state index in [1.807, 2.05) is 22.4 Å². The Bertz CT molecular complexity index is 788. The van der Waals surface area contributed by atoms with E-state index in [1.165, 1.54) is 0 Å². The number of hydrogen-bond acceptors (Lipinski definition) is 6. The molecular weight excluding hydrogens is 326 g/mol. The molecule has 1 fully saturated rings. The Labute approximate surface area is 142 Å². The molecule has 1 aliphatic rings. The minimum absolute atomic E-state index is 0.0794. The highest BCUT2D eigenvalue weighted by Gasteiger charge is 2.26. The first kappa shape index (κ1) is 15.0. The summed E-state index contributed by atoms with van der Waals surface area (Å²) in [5.74, 6) is 2.07. The third-order valence-electron chi connectivity index (χ3n) is 4.25. The molecule has 1 N–H and O–H groups in total. The molecule has 4 heterocycles. The van der Waals surface area contributed by atoms with Crippen LogP contribution in [0.1, 0.15) is 24.6 Å². The molecule has 4 rings (SSSR count). The van der Waals surface area contributed by atoms with Crippen LogP contribution in [0.3, 0.4) is 0 Å². The summed E-state index contributed by atoms with van der Waals surface area (Å²) >= 11 is 1.63. The van der Waals surface area contributed by atoms with Crippen molar-refractivity contribution in [2.45, 2.75) is 25.3 Å². The van der Waals surface area contributed by atoms with Crippen molar-refractivity contribution in [1.82, 2.24) is 35.1 Å². The Morgan fingerprint density at radius 1 is 1.38 bits per heavy atom. The summed E-state index contributed by atoms with van der Waals surface area (Å²) in [5, 5.41) is 17.0. The molecule has 124 valence electrons. The fourth-order valence-corrected chi connectivity index (χ4v) is 3.59. The number of carbonyl (C=O) groups excluding carboxylic acids is 1. The number of H-pyrrole nitrogens is 1. The maximum Gasteiger partial charge on any atom is 0.244 e. The molecule has 24 heavy (non-hydrogen) atoms. The van der Waals surface area contributed by atoms with Crippen LogP contribution in [-0.4, -0.2) is 54.1 Å². The molecule has 0 saturated carbocycles. The van der Waals surface area contributed by atoms with Gasteiger partial charge in [0.1, 0.15) is 12.4 Å². The monoisotopic (exact) mass is 343 g/mol. The number of aromatic amines is 1. The third kappa shape index (κ3) is 3.07. The summed E-state index contributed by atoms with van der Waals surface area (Å²) in [6, 6.07) is 4.01. The maximum atomic E-state index is 12.3. The molecule has 1 amide bonds. The standard InChI is InChI=1S/C15H17N7OS/c23-13(10-22-8-5-16-20-22)21-6-3-11(4-7-21)14-17-15(19-18-14)12-2-1-9-24-12/h1-2,5,8-9,11H,3-4,6-7,10H2,(H,17,18,19). The number of aromatic nitrogens is 6. The van der Waals surface area contributed by atoms with Crippen LogP contribution in [0.2, 0.25) is 0 Å². The summed E-state index contributed by atoms with van der Waals surface area (Å²) in [6.45, 7) is 1.70. The van der Waals surface area contributed by atoms with Crippen molar-refractivity contribution in [1.29, 1.82) is 0 Å². The molecule has 0 bridgehead atoms. The molecule has 0 aromatic carbocycles. The minimum Gasteiger partial charge on any atom is -0.341 e. The first-order valence-corrected chi connectivity index (χ1v) is 8.75. The van der Waals surface area contributed by atoms with E-state index in [4.69, 9.17) is 0 Å². The predicted octanol–water partition coefficient (Wildman–Crippen LogP) is 1.53. The third-order valence-corrected chi connectivity index (χ3v) is 5.11. The summed E-state index contributed by atoms with van der Waals surface area (Å²) in [7, 11) is 0. The van der Waals surface area contributed by atoms with Crippen LogP contribution in [0.15, 0.2) is 29.9 Å². The second-order valence-corrected chi connectivity index (χ2v) is 6.72. The first-order chi connectivity index (χ1) is 11.8. The second-order valence-electron chi connectivity index (χ2n) is 5.78. The van der Waals surface area contributed by atoms with Gasteiger partial charge in [-0.1, -0.05) is 11.3 Å². The summed E-state index contributed by atoms with van der Waals surface area (Å²) in [5.41, 5.74) is 0. The van der Waals surface area contributed by atoms with Gasteiger partial charge in [0.05, 0.1) is 11.1 Å². The molecule has 3 aromatic heterocycles. The van der Waals surface area contributed by atoms with Crippen LogP contribution in [0, 0.1) is 0 Å². The van der Waals surface area contributed by atoms with E-state index in [1.54, 1.807) is 28.4 Å². The number of thiophene rings is 1. The highest BCUT2D eigenvalue weighted by molar-refractivity contribution is 7.13. The van der Waals surface area contributed by atoms with Crippen molar-refractivity contribution in [2.75, 3.05) is 13.1 Å². The first-order valence-electron chi connectivity index (χ1n) is 7.87. The van der Waals surface area contributed by atoms with Crippen LogP contribution >= 0.6 is 11.3 Å². The lowest BCUT2D eigenvalue weighted by Crippen LogP contribution is -2.40. The van der Waals surface area contributed by atoms with E-state index in [0.717, 1.165) is 42.5 Å². The van der Waals surface area contributed by atoms with Gasteiger partial charge in [0.15, 0.2) is 5.82 Å². The van der Waals surface area contributed by atoms with Gasteiger partial charge >= 0.3 is 0 Å². The lowest BCUT2D eigenvalue weighted by molar-refractivity contribution is -0.133. The lowest BCUT2D eigenvalue weighted by Gasteiger charge is -2.30. The molecule has 0 spiro atoms. The molecule has 3 aromatic rings. The van der Waals surface area contributed by atoms with Crippen molar-refractivity contribution in [2.24, 2.45) is 0 Å². The van der Waals surface area contributed by atoms with Gasteiger partial charge < -0.3 is 4.90 Å². The topological polar surface area (TPSA) is 92.6 Å². The Hall–Kier alpha value is -2.55. The van der Waals surface area contributed by atoms with E-state index in [0.29, 0.717) is 5.92 Å². The van der Waals surface area contributed by atoms with Crippen LogP contribution in [-0.2, 0) is 11.3 Å². The van der Waals surface area contributed by atoms with Crippen LogP contribution in [0.4, 0.5) is 0 Å². The number of hydrogen-bond donors (Lipinski definition) is 1. The SMILES string of the molecule is O=C(Cn1ccnn1)N1CCC(c2nc(-c3cccs3)n[nH]2)CC1. The highest BCUT2D eigenvalue weighted by atomic mass is 32.1. The lowest BCUT2D eigenvalue weighted by atomic mass is 9.96. The Morgan fingerprint density at radius 3 is 2.96 bits per heavy atom. The Balaban J connectivity index is 1.35. The van der Waals surface area contributed by atoms with Gasteiger partial charge in [-0.2, -0.15) is 5.10 Å². The van der Waals surface area contributed by atoms with E-state index in [9.17, 15) is 4.79 Å². The molecule has 0 radical (unpaired) electrons. The largest absolute Gasteiger partial charge is 0.341 e. The molecular formula is C15H17N7OS. The van der Waals surface area contributed by atoms with E-state index < -0.39 is 0 Å². The van der Waals surface area contributed by atoms with E-state index >= 15 is 0 Å². The van der Waals surface area contributed by atoms with Crippen molar-refractivity contribution < 1.29 is 4.79 Å². The number of piperidine rings is 1. The second kappa shape index (κ2) is 6.52. The number of amides is 1. The predicted molar refractivity (Wildman–Crippen MR) is 88.3 cm³/mol. The van der Waals surface area contributed by atoms with Crippen LogP contribution < -0.4 is 0 Å². The summed E-state index contributed by atoms with van der Waals surface area (Å²) in [4.78, 5) is 19.8. The Kier molecular flexibility index (Phi) is 4.08. The van der Waals surface area contributed by atoms with Gasteiger partial charge in [-0.05, 0) is 24.3 Å². The molecule has 1 aliphatic heterocycles. The van der Waals surface area contributed by atoms with E-state index in [-0.39, 0.29) is 12.5 Å². The number of nitrogens with one attached hydrogen (secondary N) is 1. The number of rotatable bonds is 4. The number of carbonyl (C=O) groups is 1. The maximum absolute atomic E-state index is 12.3. The Morgan fingerprint density at radius 2 is 2.25 bits per heavy atom. The van der Waals surface area contributed by atoms with Gasteiger partial charge in [0.2, 0.25) is 5.91 Å². The normalized spacial score (nSPS) is 15.8. The van der Waals surface area contributed by atoms with Crippen molar-refractivity contribution >= 4 is 17.2 Å². The molecule has 1 saturated heterocycles. The zero-order valence-corrected chi connectivity index (χ0v) is 13.8. The summed E-state index contributed by atoms with van der Waals surface area (Å²) in [6.07, 6.45) is 5.06. The fourth-order valence-electron chi connectivity index (χ4n) is 2.93. The smallest absolute Gasteiger partial charge is 0.244 e. The van der Waals surface area contributed by atoms with Gasteiger partial charge in [-0.25, -0.2) is 9.67 Å². The van der Waals surface area contributed by atoms with Crippen molar-refractivity contribution in [3.63, 3.8) is 0 Å². The molecule has 0 aliphatic carbocycles. The van der Waals surface area contributed by atoms with Crippen LogP contribution in [0.5, 0.6) is 0 Å². The van der Waals surface area contributed by atoms with Gasteiger partial charge in [-0.15, -0.1) is 16.4 Å². The zero-order chi connectivity index (χ0) is 16.4. The fraction of sp³-hybridized carbons (Fsp3) is 0.400. The number of nitrogens with zero attached hydrogens (tertiary/aromatic N) is 6. The molecule has 8 nitrogen and oxygen atoms in total. The van der Waals surface area contributed by atoms with Crippen LogP contribution in [0.25, 0.3) is 10.7 Å². The average Bonchev–Trinajstić information content (AvgIpc) is 3.36. The molecule has 9 heteroatoms. The highest BCUT2D eigenvalue weighted by Crippen LogP contribution is 2.28. The van der Waals surface area contributed by atoms with Gasteiger partial charge in [-0.3, -0.25) is 9.89 Å². The van der Waals surface area contributed by atoms with Gasteiger partial charge in [0, 0.05) is 25.2 Å². The molecule has 0 atom stereocenters. The van der Waals surface area contributed by atoms with Crippen molar-refractivity contribution in [3.05, 3.63) is 35.7 Å². The zero-order valence-electron chi connectivity index (χ0n) is 13.0. The minimum atomic E-state index is 0.0794. The van der Waals surface area contributed by atoms with Gasteiger partial charge in [0.25, 0.3) is 0 Å². The summed E-state index contributed by atoms with van der Waals surface area (Å²) < 4.78 is 1.55.